The molecule has 2 aromatic rings. The molecule has 0 aliphatic carbocycles. The van der Waals surface area contributed by atoms with Gasteiger partial charge >= 0.3 is 0 Å². The molecule has 0 saturated carbocycles. The van der Waals surface area contributed by atoms with Crippen molar-refractivity contribution in [1.82, 2.24) is 5.32 Å². The van der Waals surface area contributed by atoms with Crippen molar-refractivity contribution in [2.75, 3.05) is 6.54 Å². The molecule has 0 saturated heterocycles. The molecule has 2 nitrogen and oxygen atoms in total. The number of benzene rings is 1. The van der Waals surface area contributed by atoms with Crippen LogP contribution in [0.4, 0.5) is 0 Å². The lowest BCUT2D eigenvalue weighted by atomic mass is 9.90. The van der Waals surface area contributed by atoms with Crippen LogP contribution in [0.3, 0.4) is 0 Å². The summed E-state index contributed by atoms with van der Waals surface area (Å²) in [6, 6.07) is 10.7. The minimum absolute atomic E-state index is 0.221. The Morgan fingerprint density at radius 1 is 1.25 bits per heavy atom. The smallest absolute Gasteiger partial charge is 0.125 e. The molecule has 3 rings (SSSR count). The van der Waals surface area contributed by atoms with Crippen molar-refractivity contribution < 1.29 is 4.42 Å². The Morgan fingerprint density at radius 3 is 3.00 bits per heavy atom. The fourth-order valence-electron chi connectivity index (χ4n) is 2.50. The summed E-state index contributed by atoms with van der Waals surface area (Å²) in [7, 11) is 0. The van der Waals surface area contributed by atoms with Gasteiger partial charge in [-0.05, 0) is 42.2 Å². The molecule has 1 aliphatic heterocycles. The maximum absolute atomic E-state index is 5.51. The summed E-state index contributed by atoms with van der Waals surface area (Å²) in [5, 5.41) is 3.51. The van der Waals surface area contributed by atoms with Crippen molar-refractivity contribution in [2.24, 2.45) is 0 Å². The highest BCUT2D eigenvalue weighted by molar-refractivity contribution is 5.41. The first kappa shape index (κ1) is 9.67. The molecule has 0 spiro atoms. The average Bonchev–Trinajstić information content (AvgIpc) is 2.82. The molecule has 1 N–H and O–H groups in total. The fraction of sp³-hybridized carbons (Fsp3) is 0.286. The standard InChI is InChI=1S/C14H15NO/c1-10-4-2-5-12-11(10)7-8-15-14(12)13-6-3-9-16-13/h2-6,9,14-15H,7-8H2,1H3. The van der Waals surface area contributed by atoms with E-state index in [9.17, 15) is 0 Å². The number of furan rings is 1. The number of aryl methyl sites for hydroxylation is 1. The lowest BCUT2D eigenvalue weighted by Gasteiger charge is -2.26. The van der Waals surface area contributed by atoms with E-state index in [1.54, 1.807) is 6.26 Å². The van der Waals surface area contributed by atoms with Gasteiger partial charge in [0.05, 0.1) is 12.3 Å². The maximum atomic E-state index is 5.51. The van der Waals surface area contributed by atoms with Crippen LogP contribution in [0.1, 0.15) is 28.5 Å². The first-order valence-corrected chi connectivity index (χ1v) is 5.71. The molecule has 0 amide bonds. The van der Waals surface area contributed by atoms with E-state index in [0.717, 1.165) is 18.7 Å². The first-order chi connectivity index (χ1) is 7.86. The number of fused-ring (bicyclic) bond motifs is 1. The Bertz CT molecular complexity index is 487. The van der Waals surface area contributed by atoms with Gasteiger partial charge in [0.15, 0.2) is 0 Å². The summed E-state index contributed by atoms with van der Waals surface area (Å²) in [4.78, 5) is 0. The quantitative estimate of drug-likeness (QED) is 0.788. The van der Waals surface area contributed by atoms with Crippen molar-refractivity contribution in [3.05, 3.63) is 59.0 Å². The van der Waals surface area contributed by atoms with Crippen molar-refractivity contribution in [3.63, 3.8) is 0 Å². The zero-order valence-corrected chi connectivity index (χ0v) is 9.36. The normalized spacial score (nSPS) is 19.4. The summed E-state index contributed by atoms with van der Waals surface area (Å²) in [5.74, 6) is 1.01. The minimum atomic E-state index is 0.221. The van der Waals surface area contributed by atoms with Gasteiger partial charge in [-0.15, -0.1) is 0 Å². The van der Waals surface area contributed by atoms with Gasteiger partial charge in [-0.1, -0.05) is 18.2 Å². The first-order valence-electron chi connectivity index (χ1n) is 5.71. The molecule has 0 bridgehead atoms. The molecular weight excluding hydrogens is 198 g/mol. The third-order valence-corrected chi connectivity index (χ3v) is 3.31. The van der Waals surface area contributed by atoms with E-state index in [4.69, 9.17) is 4.42 Å². The summed E-state index contributed by atoms with van der Waals surface area (Å²) in [6.45, 7) is 3.20. The lowest BCUT2D eigenvalue weighted by molar-refractivity contribution is 0.435. The number of hydrogen-bond acceptors (Lipinski definition) is 2. The predicted octanol–water partition coefficient (Wildman–Crippen LogP) is 2.82. The summed E-state index contributed by atoms with van der Waals surface area (Å²) in [5.41, 5.74) is 4.22. The van der Waals surface area contributed by atoms with Crippen LogP contribution in [0, 0.1) is 6.92 Å². The van der Waals surface area contributed by atoms with Gasteiger partial charge in [-0.25, -0.2) is 0 Å². The van der Waals surface area contributed by atoms with Gasteiger partial charge in [-0.2, -0.15) is 0 Å². The molecule has 1 aromatic carbocycles. The van der Waals surface area contributed by atoms with E-state index >= 15 is 0 Å². The molecule has 16 heavy (non-hydrogen) atoms. The number of hydrogen-bond donors (Lipinski definition) is 1. The highest BCUT2D eigenvalue weighted by atomic mass is 16.3. The van der Waals surface area contributed by atoms with Crippen molar-refractivity contribution >= 4 is 0 Å². The molecule has 0 fully saturated rings. The van der Waals surface area contributed by atoms with E-state index in [-0.39, 0.29) is 6.04 Å². The van der Waals surface area contributed by atoms with Crippen LogP contribution in [-0.2, 0) is 6.42 Å². The van der Waals surface area contributed by atoms with Crippen LogP contribution in [0.15, 0.2) is 41.0 Å². The van der Waals surface area contributed by atoms with Gasteiger partial charge in [0.25, 0.3) is 0 Å². The predicted molar refractivity (Wildman–Crippen MR) is 63.4 cm³/mol. The van der Waals surface area contributed by atoms with E-state index in [0.29, 0.717) is 0 Å². The van der Waals surface area contributed by atoms with Crippen LogP contribution < -0.4 is 5.32 Å². The zero-order chi connectivity index (χ0) is 11.0. The van der Waals surface area contributed by atoms with Crippen LogP contribution in [0.2, 0.25) is 0 Å². The lowest BCUT2D eigenvalue weighted by Crippen LogP contribution is -2.30. The molecule has 1 unspecified atom stereocenters. The number of rotatable bonds is 1. The minimum Gasteiger partial charge on any atom is -0.467 e. The second-order valence-electron chi connectivity index (χ2n) is 4.30. The Morgan fingerprint density at radius 2 is 2.19 bits per heavy atom. The third kappa shape index (κ3) is 1.46. The van der Waals surface area contributed by atoms with Crippen LogP contribution >= 0.6 is 0 Å². The Kier molecular flexibility index (Phi) is 2.29. The SMILES string of the molecule is Cc1cccc2c1CCNC2c1ccco1. The van der Waals surface area contributed by atoms with Crippen LogP contribution in [0.25, 0.3) is 0 Å². The van der Waals surface area contributed by atoms with E-state index in [2.05, 4.69) is 30.4 Å². The average molecular weight is 213 g/mol. The van der Waals surface area contributed by atoms with Gasteiger partial charge in [0, 0.05) is 6.54 Å². The maximum Gasteiger partial charge on any atom is 0.125 e. The van der Waals surface area contributed by atoms with Crippen LogP contribution in [0.5, 0.6) is 0 Å². The number of nitrogens with one attached hydrogen (secondary N) is 1. The largest absolute Gasteiger partial charge is 0.467 e. The third-order valence-electron chi connectivity index (χ3n) is 3.31. The van der Waals surface area contributed by atoms with Crippen LogP contribution in [-0.4, -0.2) is 6.54 Å². The van der Waals surface area contributed by atoms with E-state index in [1.165, 1.54) is 16.7 Å². The van der Waals surface area contributed by atoms with Crippen molar-refractivity contribution in [2.45, 2.75) is 19.4 Å². The Hall–Kier alpha value is -1.54. The summed E-state index contributed by atoms with van der Waals surface area (Å²) in [6.07, 6.45) is 2.85. The highest BCUT2D eigenvalue weighted by Crippen LogP contribution is 2.30. The molecule has 1 aromatic heterocycles. The van der Waals surface area contributed by atoms with Crippen molar-refractivity contribution in [3.8, 4) is 0 Å². The molecule has 82 valence electrons. The molecule has 1 aliphatic rings. The Balaban J connectivity index is 2.10. The van der Waals surface area contributed by atoms with Gasteiger partial charge in [0.1, 0.15) is 5.76 Å². The highest BCUT2D eigenvalue weighted by Gasteiger charge is 2.23. The zero-order valence-electron chi connectivity index (χ0n) is 9.36. The van der Waals surface area contributed by atoms with Gasteiger partial charge < -0.3 is 9.73 Å². The second kappa shape index (κ2) is 3.80. The molecular formula is C14H15NO. The van der Waals surface area contributed by atoms with Gasteiger partial charge in [0.2, 0.25) is 0 Å². The Labute approximate surface area is 95.3 Å². The molecule has 1 atom stereocenters. The van der Waals surface area contributed by atoms with Gasteiger partial charge in [-0.3, -0.25) is 0 Å². The molecule has 2 heterocycles. The van der Waals surface area contributed by atoms with E-state index in [1.807, 2.05) is 12.1 Å². The molecule has 0 radical (unpaired) electrons. The summed E-state index contributed by atoms with van der Waals surface area (Å²) < 4.78 is 5.51. The molecule has 2 heteroatoms. The second-order valence-corrected chi connectivity index (χ2v) is 4.30. The summed E-state index contributed by atoms with van der Waals surface area (Å²) >= 11 is 0. The topological polar surface area (TPSA) is 25.2 Å². The van der Waals surface area contributed by atoms with Crippen molar-refractivity contribution in [1.29, 1.82) is 0 Å². The monoisotopic (exact) mass is 213 g/mol. The fourth-order valence-corrected chi connectivity index (χ4v) is 2.50. The van der Waals surface area contributed by atoms with E-state index < -0.39 is 0 Å².